The Hall–Kier alpha value is -3.11. The Morgan fingerprint density at radius 1 is 0.808 bits per heavy atom. The van der Waals surface area contributed by atoms with Gasteiger partial charge in [-0.05, 0) is 53.6 Å². The van der Waals surface area contributed by atoms with Gasteiger partial charge in [0, 0.05) is 10.6 Å². The first kappa shape index (κ1) is 15.2. The summed E-state index contributed by atoms with van der Waals surface area (Å²) >= 11 is 6.16. The molecule has 4 nitrogen and oxygen atoms in total. The summed E-state index contributed by atoms with van der Waals surface area (Å²) in [6.07, 6.45) is 0. The topological polar surface area (TPSA) is 46.6 Å². The molecule has 0 bridgehead atoms. The molecule has 26 heavy (non-hydrogen) atoms. The van der Waals surface area contributed by atoms with Crippen molar-refractivity contribution < 1.29 is 14.3 Å². The van der Waals surface area contributed by atoms with E-state index in [0.717, 1.165) is 16.7 Å². The highest BCUT2D eigenvalue weighted by atomic mass is 35.5. The first-order valence-electron chi connectivity index (χ1n) is 8.17. The summed E-state index contributed by atoms with van der Waals surface area (Å²) in [6, 6.07) is 17.8. The summed E-state index contributed by atoms with van der Waals surface area (Å²) in [7, 11) is 0. The molecule has 5 heteroatoms. The van der Waals surface area contributed by atoms with E-state index in [1.54, 1.807) is 36.4 Å². The van der Waals surface area contributed by atoms with Crippen LogP contribution in [0.4, 0.5) is 5.69 Å². The van der Waals surface area contributed by atoms with E-state index in [1.165, 1.54) is 4.90 Å². The standard InChI is InChI=1S/C21H12ClNO3/c22-13-6-5-12-11-26-19-8-7-14(10-18(19)17(12)9-13)23-20(24)15-3-1-2-4-16(15)21(23)25/h1-10H,11H2. The Morgan fingerprint density at radius 3 is 2.27 bits per heavy atom. The van der Waals surface area contributed by atoms with Crippen molar-refractivity contribution in [1.29, 1.82) is 0 Å². The molecule has 0 N–H and O–H groups in total. The summed E-state index contributed by atoms with van der Waals surface area (Å²) in [5.74, 6) is 0.0855. The summed E-state index contributed by atoms with van der Waals surface area (Å²) in [6.45, 7) is 0.464. The van der Waals surface area contributed by atoms with Crippen molar-refractivity contribution in [1.82, 2.24) is 0 Å². The number of fused-ring (bicyclic) bond motifs is 4. The van der Waals surface area contributed by atoms with Crippen LogP contribution in [0, 0.1) is 0 Å². The number of hydrogen-bond donors (Lipinski definition) is 0. The van der Waals surface area contributed by atoms with Crippen molar-refractivity contribution in [3.05, 3.63) is 82.4 Å². The van der Waals surface area contributed by atoms with Gasteiger partial charge in [-0.1, -0.05) is 29.8 Å². The number of halogens is 1. The third-order valence-electron chi connectivity index (χ3n) is 4.76. The molecule has 0 spiro atoms. The lowest BCUT2D eigenvalue weighted by molar-refractivity contribution is 0.0926. The molecule has 0 saturated heterocycles. The smallest absolute Gasteiger partial charge is 0.266 e. The van der Waals surface area contributed by atoms with Gasteiger partial charge >= 0.3 is 0 Å². The predicted octanol–water partition coefficient (Wildman–Crippen LogP) is 4.70. The fourth-order valence-electron chi connectivity index (χ4n) is 3.50. The van der Waals surface area contributed by atoms with Gasteiger partial charge in [0.1, 0.15) is 12.4 Å². The van der Waals surface area contributed by atoms with Gasteiger partial charge in [-0.15, -0.1) is 0 Å². The van der Waals surface area contributed by atoms with Gasteiger partial charge < -0.3 is 4.74 Å². The predicted molar refractivity (Wildman–Crippen MR) is 98.8 cm³/mol. The van der Waals surface area contributed by atoms with Crippen LogP contribution in [0.3, 0.4) is 0 Å². The van der Waals surface area contributed by atoms with Crippen molar-refractivity contribution >= 4 is 29.1 Å². The molecule has 2 heterocycles. The number of rotatable bonds is 1. The lowest BCUT2D eigenvalue weighted by Gasteiger charge is -2.23. The molecule has 0 saturated carbocycles. The quantitative estimate of drug-likeness (QED) is 0.590. The molecule has 0 fully saturated rings. The fraction of sp³-hybridized carbons (Fsp3) is 0.0476. The van der Waals surface area contributed by atoms with Crippen LogP contribution < -0.4 is 9.64 Å². The fourth-order valence-corrected chi connectivity index (χ4v) is 3.67. The maximum Gasteiger partial charge on any atom is 0.266 e. The molecule has 0 radical (unpaired) electrons. The number of anilines is 1. The number of imide groups is 1. The Balaban J connectivity index is 1.65. The van der Waals surface area contributed by atoms with Crippen molar-refractivity contribution in [2.45, 2.75) is 6.61 Å². The molecule has 2 amide bonds. The highest BCUT2D eigenvalue weighted by Gasteiger charge is 2.36. The molecule has 0 aliphatic carbocycles. The van der Waals surface area contributed by atoms with E-state index >= 15 is 0 Å². The van der Waals surface area contributed by atoms with Crippen molar-refractivity contribution in [2.24, 2.45) is 0 Å². The molecule has 0 aromatic heterocycles. The summed E-state index contributed by atoms with van der Waals surface area (Å²) in [5, 5.41) is 0.628. The van der Waals surface area contributed by atoms with Crippen LogP contribution in [0.25, 0.3) is 11.1 Å². The highest BCUT2D eigenvalue weighted by molar-refractivity contribution is 6.34. The van der Waals surface area contributed by atoms with E-state index < -0.39 is 0 Å². The van der Waals surface area contributed by atoms with Gasteiger partial charge in [0.2, 0.25) is 0 Å². The molecule has 2 aliphatic rings. The number of nitrogens with zero attached hydrogens (tertiary/aromatic N) is 1. The molecule has 126 valence electrons. The third-order valence-corrected chi connectivity index (χ3v) is 5.00. The molecule has 5 rings (SSSR count). The van der Waals surface area contributed by atoms with Crippen LogP contribution in [-0.4, -0.2) is 11.8 Å². The minimum Gasteiger partial charge on any atom is -0.488 e. The van der Waals surface area contributed by atoms with E-state index in [-0.39, 0.29) is 11.8 Å². The van der Waals surface area contributed by atoms with Gasteiger partial charge in [0.25, 0.3) is 11.8 Å². The molecule has 0 unspecified atom stereocenters. The van der Waals surface area contributed by atoms with Crippen LogP contribution in [0.2, 0.25) is 5.02 Å². The van der Waals surface area contributed by atoms with Crippen LogP contribution >= 0.6 is 11.6 Å². The second-order valence-electron chi connectivity index (χ2n) is 6.26. The number of ether oxygens (including phenoxy) is 1. The minimum atomic E-state index is -0.311. The van der Waals surface area contributed by atoms with Gasteiger partial charge in [-0.25, -0.2) is 4.90 Å². The zero-order valence-corrected chi connectivity index (χ0v) is 14.3. The van der Waals surface area contributed by atoms with Crippen LogP contribution in [0.15, 0.2) is 60.7 Å². The van der Waals surface area contributed by atoms with Crippen LogP contribution in [0.5, 0.6) is 5.75 Å². The number of carbonyl (C=O) groups excluding carboxylic acids is 2. The second kappa shape index (κ2) is 5.44. The van der Waals surface area contributed by atoms with Crippen LogP contribution in [-0.2, 0) is 6.61 Å². The summed E-state index contributed by atoms with van der Waals surface area (Å²) in [4.78, 5) is 26.7. The van der Waals surface area contributed by atoms with Crippen molar-refractivity contribution in [3.63, 3.8) is 0 Å². The third kappa shape index (κ3) is 2.09. The van der Waals surface area contributed by atoms with E-state index in [4.69, 9.17) is 16.3 Å². The van der Waals surface area contributed by atoms with Gasteiger partial charge in [-0.2, -0.15) is 0 Å². The number of benzene rings is 3. The van der Waals surface area contributed by atoms with E-state index in [0.29, 0.717) is 34.2 Å². The zero-order chi connectivity index (χ0) is 17.8. The summed E-state index contributed by atoms with van der Waals surface area (Å²) < 4.78 is 5.79. The Morgan fingerprint density at radius 2 is 1.54 bits per heavy atom. The Bertz CT molecular complexity index is 1070. The largest absolute Gasteiger partial charge is 0.488 e. The molecule has 3 aromatic rings. The molecule has 3 aromatic carbocycles. The van der Waals surface area contributed by atoms with Crippen molar-refractivity contribution in [3.8, 4) is 16.9 Å². The van der Waals surface area contributed by atoms with E-state index in [1.807, 2.05) is 24.3 Å². The van der Waals surface area contributed by atoms with Gasteiger partial charge in [0.15, 0.2) is 0 Å². The average Bonchev–Trinajstić information content (AvgIpc) is 2.92. The molecular weight excluding hydrogens is 350 g/mol. The number of amides is 2. The van der Waals surface area contributed by atoms with Gasteiger partial charge in [0.05, 0.1) is 16.8 Å². The monoisotopic (exact) mass is 361 g/mol. The molecule has 2 aliphatic heterocycles. The van der Waals surface area contributed by atoms with E-state index in [2.05, 4.69) is 0 Å². The maximum absolute atomic E-state index is 12.7. The highest BCUT2D eigenvalue weighted by Crippen LogP contribution is 2.41. The number of carbonyl (C=O) groups is 2. The first-order valence-corrected chi connectivity index (χ1v) is 8.55. The zero-order valence-electron chi connectivity index (χ0n) is 13.5. The first-order chi connectivity index (χ1) is 12.6. The SMILES string of the molecule is O=C1c2ccccc2C(=O)N1c1ccc2c(c1)-c1cc(Cl)ccc1CO2. The normalized spacial score (nSPS) is 14.6. The number of hydrogen-bond acceptors (Lipinski definition) is 3. The molecular formula is C21H12ClNO3. The average molecular weight is 362 g/mol. The molecule has 0 atom stereocenters. The minimum absolute atomic E-state index is 0.311. The lowest BCUT2D eigenvalue weighted by atomic mass is 9.96. The second-order valence-corrected chi connectivity index (χ2v) is 6.70. The van der Waals surface area contributed by atoms with Crippen molar-refractivity contribution in [2.75, 3.05) is 4.90 Å². The Kier molecular flexibility index (Phi) is 3.18. The van der Waals surface area contributed by atoms with Gasteiger partial charge in [-0.3, -0.25) is 9.59 Å². The van der Waals surface area contributed by atoms with Crippen LogP contribution in [0.1, 0.15) is 26.3 Å². The summed E-state index contributed by atoms with van der Waals surface area (Å²) in [5.41, 5.74) is 4.16. The maximum atomic E-state index is 12.7. The Labute approximate surface area is 154 Å². The lowest BCUT2D eigenvalue weighted by Crippen LogP contribution is -2.29. The van der Waals surface area contributed by atoms with E-state index in [9.17, 15) is 9.59 Å².